The van der Waals surface area contributed by atoms with E-state index in [0.29, 0.717) is 18.7 Å². The van der Waals surface area contributed by atoms with E-state index in [1.807, 2.05) is 0 Å². The molecule has 3 heterocycles. The SMILES string of the molecule is N#Cc1c(C(F)(F)F)cc(/C(C=NC2CNC2)=C/N)nc1N1CCC1. The van der Waals surface area contributed by atoms with Crippen LogP contribution in [0.2, 0.25) is 0 Å². The molecule has 2 aliphatic heterocycles. The molecule has 2 aliphatic rings. The second-order valence-electron chi connectivity index (χ2n) is 5.92. The summed E-state index contributed by atoms with van der Waals surface area (Å²) in [5, 5.41) is 12.3. The van der Waals surface area contributed by atoms with E-state index in [2.05, 4.69) is 15.3 Å². The lowest BCUT2D eigenvalue weighted by Crippen LogP contribution is -2.45. The summed E-state index contributed by atoms with van der Waals surface area (Å²) in [6.07, 6.45) is -1.17. The zero-order chi connectivity index (χ0) is 18.0. The minimum absolute atomic E-state index is 0.0524. The van der Waals surface area contributed by atoms with Crippen LogP contribution in [-0.4, -0.2) is 43.4 Å². The highest BCUT2D eigenvalue weighted by molar-refractivity contribution is 6.09. The Morgan fingerprint density at radius 1 is 1.44 bits per heavy atom. The third-order valence-corrected chi connectivity index (χ3v) is 4.23. The third kappa shape index (κ3) is 3.44. The van der Waals surface area contributed by atoms with Gasteiger partial charge < -0.3 is 16.0 Å². The number of aromatic nitrogens is 1. The number of nitriles is 1. The van der Waals surface area contributed by atoms with Gasteiger partial charge in [-0.1, -0.05) is 0 Å². The van der Waals surface area contributed by atoms with Gasteiger partial charge in [-0.2, -0.15) is 18.4 Å². The van der Waals surface area contributed by atoms with Crippen LogP contribution in [0, 0.1) is 11.3 Å². The van der Waals surface area contributed by atoms with E-state index in [4.69, 9.17) is 5.73 Å². The lowest BCUT2D eigenvalue weighted by Gasteiger charge is -2.33. The Morgan fingerprint density at radius 3 is 2.60 bits per heavy atom. The van der Waals surface area contributed by atoms with E-state index in [1.54, 1.807) is 11.0 Å². The Kier molecular flexibility index (Phi) is 4.63. The normalized spacial score (nSPS) is 18.8. The lowest BCUT2D eigenvalue weighted by atomic mass is 10.0. The van der Waals surface area contributed by atoms with Crippen molar-refractivity contribution in [1.82, 2.24) is 10.3 Å². The fourth-order valence-corrected chi connectivity index (χ4v) is 2.53. The number of pyridine rings is 1. The topological polar surface area (TPSA) is 90.3 Å². The van der Waals surface area contributed by atoms with Crippen LogP contribution in [0.15, 0.2) is 17.3 Å². The van der Waals surface area contributed by atoms with E-state index in [1.165, 1.54) is 12.4 Å². The van der Waals surface area contributed by atoms with Gasteiger partial charge in [0.2, 0.25) is 0 Å². The molecule has 0 radical (unpaired) electrons. The van der Waals surface area contributed by atoms with E-state index in [0.717, 1.165) is 25.6 Å². The van der Waals surface area contributed by atoms with Crippen molar-refractivity contribution in [3.05, 3.63) is 29.1 Å². The first-order valence-electron chi connectivity index (χ1n) is 7.87. The molecule has 0 aliphatic carbocycles. The summed E-state index contributed by atoms with van der Waals surface area (Å²) >= 11 is 0. The minimum atomic E-state index is -4.66. The summed E-state index contributed by atoms with van der Waals surface area (Å²) in [5.74, 6) is 0.0524. The number of anilines is 1. The predicted molar refractivity (Wildman–Crippen MR) is 88.1 cm³/mol. The Labute approximate surface area is 142 Å². The van der Waals surface area contributed by atoms with E-state index in [9.17, 15) is 18.4 Å². The van der Waals surface area contributed by atoms with Gasteiger partial charge in [0.05, 0.1) is 17.3 Å². The molecule has 1 aromatic heterocycles. The molecule has 0 amide bonds. The van der Waals surface area contributed by atoms with Crippen molar-refractivity contribution in [3.63, 3.8) is 0 Å². The fraction of sp³-hybridized carbons (Fsp3) is 0.438. The maximum absolute atomic E-state index is 13.4. The van der Waals surface area contributed by atoms with Crippen molar-refractivity contribution < 1.29 is 13.2 Å². The van der Waals surface area contributed by atoms with Crippen LogP contribution >= 0.6 is 0 Å². The second-order valence-corrected chi connectivity index (χ2v) is 5.92. The molecule has 6 nitrogen and oxygen atoms in total. The van der Waals surface area contributed by atoms with Crippen LogP contribution in [0.4, 0.5) is 19.0 Å². The summed E-state index contributed by atoms with van der Waals surface area (Å²) < 4.78 is 40.3. The third-order valence-electron chi connectivity index (χ3n) is 4.23. The van der Waals surface area contributed by atoms with Crippen LogP contribution in [0.25, 0.3) is 5.57 Å². The monoisotopic (exact) mass is 350 g/mol. The van der Waals surface area contributed by atoms with Gasteiger partial charge in [-0.05, 0) is 12.5 Å². The van der Waals surface area contributed by atoms with Gasteiger partial charge in [-0.15, -0.1) is 0 Å². The smallest absolute Gasteiger partial charge is 0.404 e. The summed E-state index contributed by atoms with van der Waals surface area (Å²) in [6.45, 7) is 2.60. The first-order valence-corrected chi connectivity index (χ1v) is 7.87. The van der Waals surface area contributed by atoms with Gasteiger partial charge in [0.1, 0.15) is 17.5 Å². The van der Waals surface area contributed by atoms with Gasteiger partial charge in [-0.3, -0.25) is 4.99 Å². The molecule has 132 valence electrons. The predicted octanol–water partition coefficient (Wildman–Crippen LogP) is 1.52. The Balaban J connectivity index is 2.06. The second kappa shape index (κ2) is 6.72. The number of allylic oxidation sites excluding steroid dienone is 1. The molecule has 1 aromatic rings. The standard InChI is InChI=1S/C16H17F3N6/c17-16(18,19)13-4-14(10(5-20)7-23-11-8-22-9-11)24-15(12(13)6-21)25-2-1-3-25/h4-5,7,11,22H,1-3,8-9,20H2/b10-5+,23-7?. The Bertz CT molecular complexity index is 754. The number of nitrogens with zero attached hydrogens (tertiary/aromatic N) is 4. The zero-order valence-corrected chi connectivity index (χ0v) is 13.3. The van der Waals surface area contributed by atoms with Crippen LogP contribution in [0.5, 0.6) is 0 Å². The Morgan fingerprint density at radius 2 is 2.16 bits per heavy atom. The molecule has 2 saturated heterocycles. The van der Waals surface area contributed by atoms with Crippen molar-refractivity contribution >= 4 is 17.6 Å². The molecule has 0 saturated carbocycles. The number of nitrogens with two attached hydrogens (primary N) is 1. The van der Waals surface area contributed by atoms with Crippen LogP contribution in [0.3, 0.4) is 0 Å². The highest BCUT2D eigenvalue weighted by Crippen LogP contribution is 2.37. The van der Waals surface area contributed by atoms with Gasteiger partial charge in [0, 0.05) is 44.2 Å². The maximum Gasteiger partial charge on any atom is 0.417 e. The number of hydrogen-bond donors (Lipinski definition) is 2. The molecule has 3 N–H and O–H groups in total. The van der Waals surface area contributed by atoms with Crippen molar-refractivity contribution in [1.29, 1.82) is 5.26 Å². The number of aliphatic imine (C=N–C) groups is 1. The average Bonchev–Trinajstić information content (AvgIpc) is 2.46. The summed E-state index contributed by atoms with van der Waals surface area (Å²) in [5.41, 5.74) is 4.49. The highest BCUT2D eigenvalue weighted by Gasteiger charge is 2.37. The first kappa shape index (κ1) is 17.2. The molecule has 0 atom stereocenters. The molecule has 0 aromatic carbocycles. The molecule has 9 heteroatoms. The number of nitrogens with one attached hydrogen (secondary N) is 1. The number of hydrogen-bond acceptors (Lipinski definition) is 6. The van der Waals surface area contributed by atoms with Gasteiger partial charge in [0.25, 0.3) is 0 Å². The maximum atomic E-state index is 13.4. The number of rotatable bonds is 4. The molecular weight excluding hydrogens is 333 g/mol. The quantitative estimate of drug-likeness (QED) is 0.804. The molecule has 3 rings (SSSR count). The summed E-state index contributed by atoms with van der Waals surface area (Å²) in [7, 11) is 0. The lowest BCUT2D eigenvalue weighted by molar-refractivity contribution is -0.137. The van der Waals surface area contributed by atoms with Crippen LogP contribution < -0.4 is 16.0 Å². The van der Waals surface area contributed by atoms with E-state index >= 15 is 0 Å². The highest BCUT2D eigenvalue weighted by atomic mass is 19.4. The molecular formula is C16H17F3N6. The molecule has 0 spiro atoms. The van der Waals surface area contributed by atoms with Crippen molar-refractivity contribution in [2.75, 3.05) is 31.1 Å². The molecule has 0 bridgehead atoms. The summed E-state index contributed by atoms with van der Waals surface area (Å²) in [6, 6.07) is 2.61. The average molecular weight is 350 g/mol. The fourth-order valence-electron chi connectivity index (χ4n) is 2.53. The van der Waals surface area contributed by atoms with Gasteiger partial charge in [0.15, 0.2) is 0 Å². The number of alkyl halides is 3. The van der Waals surface area contributed by atoms with Crippen molar-refractivity contribution in [3.8, 4) is 6.07 Å². The summed E-state index contributed by atoms with van der Waals surface area (Å²) in [4.78, 5) is 10.2. The van der Waals surface area contributed by atoms with E-state index < -0.39 is 17.3 Å². The van der Waals surface area contributed by atoms with Gasteiger partial charge >= 0.3 is 6.18 Å². The minimum Gasteiger partial charge on any atom is -0.404 e. The molecule has 25 heavy (non-hydrogen) atoms. The van der Waals surface area contributed by atoms with Crippen LogP contribution in [0.1, 0.15) is 23.2 Å². The Hall–Kier alpha value is -2.60. The van der Waals surface area contributed by atoms with Crippen molar-refractivity contribution in [2.45, 2.75) is 18.6 Å². The van der Waals surface area contributed by atoms with Gasteiger partial charge in [-0.25, -0.2) is 4.98 Å². The molecule has 2 fully saturated rings. The van der Waals surface area contributed by atoms with Crippen LogP contribution in [-0.2, 0) is 6.18 Å². The largest absolute Gasteiger partial charge is 0.417 e. The van der Waals surface area contributed by atoms with Crippen molar-refractivity contribution in [2.24, 2.45) is 10.7 Å². The molecule has 0 unspecified atom stereocenters. The zero-order valence-electron chi connectivity index (χ0n) is 13.3. The van der Waals surface area contributed by atoms with E-state index in [-0.39, 0.29) is 17.6 Å². The number of halogens is 3. The first-order chi connectivity index (χ1) is 11.9.